The second-order valence-corrected chi connectivity index (χ2v) is 33.2. The van der Waals surface area contributed by atoms with Gasteiger partial charge in [-0.2, -0.15) is 0 Å². The number of ether oxygens (including phenoxy) is 21. The molecular weight excluding hydrogens is 1890 g/mol. The third-order valence-electron chi connectivity index (χ3n) is 19.3. The van der Waals surface area contributed by atoms with Crippen molar-refractivity contribution in [2.45, 2.75) is 143 Å². The molecular formula is C112H175N7O28. The normalized spacial score (nSPS) is 10.6. The molecule has 7 N–H and O–H groups in total. The van der Waals surface area contributed by atoms with Crippen molar-refractivity contribution < 1.29 is 133 Å². The molecule has 0 saturated heterocycles. The Bertz CT molecular complexity index is 3500. The maximum absolute atomic E-state index is 10.6. The van der Waals surface area contributed by atoms with Crippen molar-refractivity contribution in [3.8, 4) is 0 Å². The summed E-state index contributed by atoms with van der Waals surface area (Å²) in [4.78, 5) is 74.2. The number of nitrogens with one attached hydrogen (secondary N) is 7. The van der Waals surface area contributed by atoms with E-state index < -0.39 is 0 Å². The van der Waals surface area contributed by atoms with Crippen LogP contribution < -0.4 is 37.2 Å². The van der Waals surface area contributed by atoms with Gasteiger partial charge in [-0.05, 0) is 87.4 Å². The molecule has 0 atom stereocenters. The lowest BCUT2D eigenvalue weighted by Gasteiger charge is -2.07. The molecule has 0 aliphatic heterocycles. The Morgan fingerprint density at radius 2 is 0.218 bits per heavy atom. The molecule has 7 aromatic rings. The summed E-state index contributed by atoms with van der Waals surface area (Å²) >= 11 is 0. The molecule has 0 aromatic heterocycles. The second-order valence-electron chi connectivity index (χ2n) is 33.2. The van der Waals surface area contributed by atoms with Crippen LogP contribution in [0.1, 0.15) is 126 Å². The average molecular weight is 2070 g/mol. The molecule has 0 saturated carbocycles. The zero-order chi connectivity index (χ0) is 107. The largest absolute Gasteiger partial charge is 0.377 e. The van der Waals surface area contributed by atoms with Gasteiger partial charge in [0.15, 0.2) is 0 Å². The Kier molecular flexibility index (Phi) is 91.2. The zero-order valence-corrected chi connectivity index (χ0v) is 90.2. The van der Waals surface area contributed by atoms with Crippen LogP contribution in [0.5, 0.6) is 0 Å². The van der Waals surface area contributed by atoms with Gasteiger partial charge in [-0.15, -0.1) is 0 Å². The van der Waals surface area contributed by atoms with E-state index in [1.165, 1.54) is 126 Å². The number of carbonyl (C=O) groups excluding carboxylic acids is 7. The van der Waals surface area contributed by atoms with E-state index in [4.69, 9.17) is 99.5 Å². The van der Waals surface area contributed by atoms with Gasteiger partial charge in [-0.1, -0.05) is 209 Å². The van der Waals surface area contributed by atoms with Crippen LogP contribution in [0.3, 0.4) is 0 Å². The number of rotatable bonds is 77. The molecule has 0 heterocycles. The summed E-state index contributed by atoms with van der Waals surface area (Å²) in [6, 6.07) is 58.0. The van der Waals surface area contributed by atoms with E-state index in [9.17, 15) is 33.6 Å². The first kappa shape index (κ1) is 135. The van der Waals surface area contributed by atoms with E-state index in [-0.39, 0.29) is 41.4 Å². The SMILES string of the molecule is CC(=O)NCCOCCOCCOCc1ccc(C)cc1.CC(=O)NCCOCCOCCOCc1ccc(C)cc1.CC(=O)NCCOCCOCCOCc1ccc(C)cc1.CC(=O)NCCOCCOCCOCc1ccc(C)cc1.CC(=O)NCCOCCOCCOCc1ccc(C)cc1.CC(=O)NCCOCCOCCOCc1ccc(C)cc1.CC(=O)NCCOCCOCCOCc1ccc(C)cc1. The second kappa shape index (κ2) is 99.3. The van der Waals surface area contributed by atoms with Gasteiger partial charge >= 0.3 is 0 Å². The Morgan fingerprint density at radius 3 is 0.306 bits per heavy atom. The molecule has 7 rings (SSSR count). The van der Waals surface area contributed by atoms with Crippen LogP contribution in [0, 0.1) is 48.5 Å². The molecule has 0 bridgehead atoms. The minimum absolute atomic E-state index is 0.0411. The molecule has 7 amide bonds. The van der Waals surface area contributed by atoms with Gasteiger partial charge in [0.1, 0.15) is 0 Å². The third-order valence-corrected chi connectivity index (χ3v) is 19.3. The van der Waals surface area contributed by atoms with Crippen molar-refractivity contribution in [2.75, 3.05) is 277 Å². The topological polar surface area (TPSA) is 398 Å². The van der Waals surface area contributed by atoms with E-state index in [2.05, 4.69) is 256 Å². The number of hydrogen-bond acceptors (Lipinski definition) is 28. The van der Waals surface area contributed by atoms with Crippen LogP contribution in [0.2, 0.25) is 0 Å². The van der Waals surface area contributed by atoms with Crippen molar-refractivity contribution in [3.05, 3.63) is 248 Å². The summed E-state index contributed by atoms with van der Waals surface area (Å²) in [5.74, 6) is -0.288. The molecule has 826 valence electrons. The lowest BCUT2D eigenvalue weighted by Crippen LogP contribution is -2.25. The molecule has 7 aromatic carbocycles. The van der Waals surface area contributed by atoms with Gasteiger partial charge in [0.05, 0.1) is 277 Å². The summed E-state index contributed by atoms with van der Waals surface area (Å²) in [5, 5.41) is 18.6. The lowest BCUT2D eigenvalue weighted by molar-refractivity contribution is -0.120. The smallest absolute Gasteiger partial charge is 0.216 e. The quantitative estimate of drug-likeness (QED) is 0.0174. The number of aryl methyl sites for hydroxylation is 7. The van der Waals surface area contributed by atoms with Gasteiger partial charge in [0, 0.05) is 94.3 Å². The van der Waals surface area contributed by atoms with Gasteiger partial charge in [0.2, 0.25) is 41.4 Å². The predicted molar refractivity (Wildman–Crippen MR) is 568 cm³/mol. The summed E-state index contributed by atoms with van der Waals surface area (Å²) < 4.78 is 113. The molecule has 0 radical (unpaired) electrons. The van der Waals surface area contributed by atoms with Crippen molar-refractivity contribution in [1.82, 2.24) is 37.2 Å². The van der Waals surface area contributed by atoms with Crippen LogP contribution in [0.15, 0.2) is 170 Å². The molecule has 147 heavy (non-hydrogen) atoms. The van der Waals surface area contributed by atoms with Crippen LogP contribution in [0.4, 0.5) is 0 Å². The first-order chi connectivity index (χ1) is 71.3. The van der Waals surface area contributed by atoms with E-state index in [0.717, 1.165) is 0 Å². The van der Waals surface area contributed by atoms with E-state index >= 15 is 0 Å². The minimum Gasteiger partial charge on any atom is -0.377 e. The first-order valence-corrected chi connectivity index (χ1v) is 50.5. The highest BCUT2D eigenvalue weighted by Crippen LogP contribution is 2.12. The molecule has 0 fully saturated rings. The monoisotopic (exact) mass is 2070 g/mol. The van der Waals surface area contributed by atoms with Crippen molar-refractivity contribution in [1.29, 1.82) is 0 Å². The van der Waals surface area contributed by atoms with Crippen LogP contribution in [-0.2, 0) is 179 Å². The Balaban J connectivity index is 0.000000857. The van der Waals surface area contributed by atoms with Crippen LogP contribution >= 0.6 is 0 Å². The maximum Gasteiger partial charge on any atom is 0.216 e. The highest BCUT2D eigenvalue weighted by molar-refractivity contribution is 5.74. The summed E-state index contributed by atoms with van der Waals surface area (Å²) in [6.07, 6.45) is 0. The van der Waals surface area contributed by atoms with E-state index in [1.807, 2.05) is 0 Å². The fourth-order valence-corrected chi connectivity index (χ4v) is 11.3. The Hall–Kier alpha value is -10.0. The zero-order valence-electron chi connectivity index (χ0n) is 90.2. The van der Waals surface area contributed by atoms with Crippen molar-refractivity contribution in [2.24, 2.45) is 0 Å². The van der Waals surface area contributed by atoms with Gasteiger partial charge < -0.3 is 137 Å². The van der Waals surface area contributed by atoms with Crippen molar-refractivity contribution in [3.63, 3.8) is 0 Å². The summed E-state index contributed by atoms with van der Waals surface area (Å²) in [5.41, 5.74) is 16.9. The van der Waals surface area contributed by atoms with E-state index in [0.29, 0.717) is 323 Å². The lowest BCUT2D eigenvalue weighted by atomic mass is 10.2. The number of benzene rings is 7. The minimum atomic E-state index is -0.0411. The highest BCUT2D eigenvalue weighted by atomic mass is 16.6. The van der Waals surface area contributed by atoms with Gasteiger partial charge in [0.25, 0.3) is 0 Å². The molecule has 0 spiro atoms. The van der Waals surface area contributed by atoms with Crippen LogP contribution in [0.25, 0.3) is 0 Å². The fraction of sp³-hybridized carbons (Fsp3) is 0.562. The third kappa shape index (κ3) is 97.8. The van der Waals surface area contributed by atoms with Gasteiger partial charge in [-0.3, -0.25) is 33.6 Å². The number of carbonyl (C=O) groups is 7. The average Bonchev–Trinajstić information content (AvgIpc) is 0.959. The van der Waals surface area contributed by atoms with Crippen molar-refractivity contribution >= 4 is 41.4 Å². The molecule has 0 unspecified atom stereocenters. The number of hydrogen-bond donors (Lipinski definition) is 7. The predicted octanol–water partition coefficient (Wildman–Crippen LogP) is 11.8. The Morgan fingerprint density at radius 1 is 0.136 bits per heavy atom. The van der Waals surface area contributed by atoms with Crippen LogP contribution in [-0.4, -0.2) is 318 Å². The number of amides is 7. The fourth-order valence-electron chi connectivity index (χ4n) is 11.3. The van der Waals surface area contributed by atoms with E-state index in [1.54, 1.807) is 0 Å². The summed E-state index contributed by atoms with van der Waals surface area (Å²) in [7, 11) is 0. The molecule has 0 aliphatic carbocycles. The standard InChI is InChI=1S/7C16H25NO4/c7*1-14-3-5-16(6-4-14)13-21-12-11-20-10-9-19-8-7-17-15(2)18/h7*3-6H,7-13H2,1-2H3,(H,17,18). The molecule has 35 nitrogen and oxygen atoms in total. The molecule has 35 heteroatoms. The highest BCUT2D eigenvalue weighted by Gasteiger charge is 2.06. The Labute approximate surface area is 875 Å². The maximum atomic E-state index is 10.6. The molecule has 0 aliphatic rings. The summed E-state index contributed by atoms with van der Waals surface area (Å²) in [6.45, 7) is 51.7. The first-order valence-electron chi connectivity index (χ1n) is 50.5. The van der Waals surface area contributed by atoms with Gasteiger partial charge in [-0.25, -0.2) is 0 Å².